The Labute approximate surface area is 122 Å². The predicted molar refractivity (Wildman–Crippen MR) is 77.4 cm³/mol. The van der Waals surface area contributed by atoms with Gasteiger partial charge in [-0.3, -0.25) is 4.98 Å². The lowest BCUT2D eigenvalue weighted by molar-refractivity contribution is 0.153. The zero-order valence-corrected chi connectivity index (χ0v) is 13.7. The van der Waals surface area contributed by atoms with Crippen LogP contribution in [0.1, 0.15) is 20.3 Å². The lowest BCUT2D eigenvalue weighted by atomic mass is 9.90. The molecule has 0 aliphatic rings. The van der Waals surface area contributed by atoms with Gasteiger partial charge in [-0.05, 0) is 33.8 Å². The number of aromatic nitrogens is 1. The van der Waals surface area contributed by atoms with E-state index < -0.39 is 10.0 Å². The second kappa shape index (κ2) is 6.78. The summed E-state index contributed by atoms with van der Waals surface area (Å²) >= 11 is 3.21. The minimum atomic E-state index is -3.52. The third-order valence-electron chi connectivity index (χ3n) is 2.71. The molecule has 1 rings (SSSR count). The first-order valence-corrected chi connectivity index (χ1v) is 8.14. The highest BCUT2D eigenvalue weighted by Gasteiger charge is 2.22. The molecule has 19 heavy (non-hydrogen) atoms. The molecule has 1 N–H and O–H groups in total. The summed E-state index contributed by atoms with van der Waals surface area (Å²) in [6.07, 6.45) is 3.65. The lowest BCUT2D eigenvalue weighted by Crippen LogP contribution is -2.34. The fourth-order valence-electron chi connectivity index (χ4n) is 1.38. The van der Waals surface area contributed by atoms with Crippen LogP contribution in [-0.2, 0) is 14.8 Å². The Morgan fingerprint density at radius 2 is 2.11 bits per heavy atom. The molecule has 0 aromatic carbocycles. The van der Waals surface area contributed by atoms with Crippen molar-refractivity contribution in [1.29, 1.82) is 0 Å². The van der Waals surface area contributed by atoms with Crippen LogP contribution in [0.4, 0.5) is 0 Å². The Morgan fingerprint density at radius 3 is 2.68 bits per heavy atom. The Hall–Kier alpha value is -0.500. The van der Waals surface area contributed by atoms with Crippen molar-refractivity contribution in [2.24, 2.45) is 5.41 Å². The molecule has 1 aromatic heterocycles. The van der Waals surface area contributed by atoms with E-state index in [2.05, 4.69) is 25.6 Å². The van der Waals surface area contributed by atoms with Crippen molar-refractivity contribution in [3.63, 3.8) is 0 Å². The largest absolute Gasteiger partial charge is 0.385 e. The summed E-state index contributed by atoms with van der Waals surface area (Å²) in [5.74, 6) is 0. The van der Waals surface area contributed by atoms with Crippen molar-refractivity contribution < 1.29 is 13.2 Å². The molecule has 0 fully saturated rings. The molecule has 0 aliphatic heterocycles. The van der Waals surface area contributed by atoms with Crippen LogP contribution >= 0.6 is 15.9 Å². The number of ether oxygens (including phenoxy) is 1. The molecular weight excluding hydrogens is 332 g/mol. The van der Waals surface area contributed by atoms with Gasteiger partial charge >= 0.3 is 0 Å². The third-order valence-corrected chi connectivity index (χ3v) is 4.52. The third kappa shape index (κ3) is 5.56. The number of hydrogen-bond acceptors (Lipinski definition) is 4. The monoisotopic (exact) mass is 350 g/mol. The van der Waals surface area contributed by atoms with Gasteiger partial charge in [-0.2, -0.15) is 0 Å². The van der Waals surface area contributed by atoms with Crippen molar-refractivity contribution in [2.45, 2.75) is 25.2 Å². The minimum Gasteiger partial charge on any atom is -0.385 e. The average Bonchev–Trinajstić information content (AvgIpc) is 2.34. The van der Waals surface area contributed by atoms with Crippen LogP contribution in [0, 0.1) is 5.41 Å². The van der Waals surface area contributed by atoms with Crippen molar-refractivity contribution >= 4 is 26.0 Å². The van der Waals surface area contributed by atoms with E-state index in [0.717, 1.165) is 6.42 Å². The minimum absolute atomic E-state index is 0.157. The molecule has 0 radical (unpaired) electrons. The first kappa shape index (κ1) is 16.6. The molecule has 5 nitrogen and oxygen atoms in total. The van der Waals surface area contributed by atoms with Gasteiger partial charge in [0.05, 0.1) is 0 Å². The Morgan fingerprint density at radius 1 is 1.42 bits per heavy atom. The number of halogens is 1. The van der Waals surface area contributed by atoms with Gasteiger partial charge in [-0.15, -0.1) is 0 Å². The van der Waals surface area contributed by atoms with E-state index >= 15 is 0 Å². The van der Waals surface area contributed by atoms with E-state index in [1.165, 1.54) is 12.3 Å². The van der Waals surface area contributed by atoms with Crippen molar-refractivity contribution in [1.82, 2.24) is 9.71 Å². The second-order valence-corrected chi connectivity index (χ2v) is 7.75. The van der Waals surface area contributed by atoms with Gasteiger partial charge in [0, 0.05) is 37.1 Å². The molecule has 108 valence electrons. The summed E-state index contributed by atoms with van der Waals surface area (Å²) < 4.78 is 32.5. The smallest absolute Gasteiger partial charge is 0.242 e. The van der Waals surface area contributed by atoms with Gasteiger partial charge in [-0.25, -0.2) is 13.1 Å². The van der Waals surface area contributed by atoms with Crippen LogP contribution < -0.4 is 4.72 Å². The van der Waals surface area contributed by atoms with E-state index in [1.54, 1.807) is 13.3 Å². The van der Waals surface area contributed by atoms with Crippen molar-refractivity contribution in [3.05, 3.63) is 22.9 Å². The number of methoxy groups -OCH3 is 1. The summed E-state index contributed by atoms with van der Waals surface area (Å²) in [6, 6.07) is 1.53. The Balaban J connectivity index is 2.71. The van der Waals surface area contributed by atoms with Gasteiger partial charge < -0.3 is 4.74 Å². The maximum atomic E-state index is 12.1. The molecule has 1 aromatic rings. The molecule has 0 spiro atoms. The first-order chi connectivity index (χ1) is 8.77. The maximum Gasteiger partial charge on any atom is 0.242 e. The zero-order valence-electron chi connectivity index (χ0n) is 11.3. The molecule has 0 bridgehead atoms. The first-order valence-electron chi connectivity index (χ1n) is 5.86. The molecule has 1 heterocycles. The van der Waals surface area contributed by atoms with Crippen LogP contribution in [0.5, 0.6) is 0 Å². The van der Waals surface area contributed by atoms with E-state index in [0.29, 0.717) is 17.6 Å². The topological polar surface area (TPSA) is 68.3 Å². The van der Waals surface area contributed by atoms with E-state index in [9.17, 15) is 8.42 Å². The lowest BCUT2D eigenvalue weighted by Gasteiger charge is -2.24. The fourth-order valence-corrected chi connectivity index (χ4v) is 3.13. The predicted octanol–water partition coefficient (Wildman–Crippen LogP) is 2.19. The molecule has 0 unspecified atom stereocenters. The number of nitrogens with one attached hydrogen (secondary N) is 1. The van der Waals surface area contributed by atoms with Gasteiger partial charge in [0.1, 0.15) is 4.90 Å². The highest BCUT2D eigenvalue weighted by Crippen LogP contribution is 2.20. The highest BCUT2D eigenvalue weighted by atomic mass is 79.9. The Bertz CT molecular complexity index is 517. The standard InChI is InChI=1S/C12H19BrN2O3S/c1-12(2,4-5-18-3)9-15-19(16,17)11-6-10(13)7-14-8-11/h6-8,15H,4-5,9H2,1-3H3. The summed E-state index contributed by atoms with van der Waals surface area (Å²) in [5.41, 5.74) is -0.164. The van der Waals surface area contributed by atoms with E-state index in [4.69, 9.17) is 4.74 Å². The second-order valence-electron chi connectivity index (χ2n) is 5.07. The van der Waals surface area contributed by atoms with E-state index in [-0.39, 0.29) is 10.3 Å². The number of sulfonamides is 1. The number of rotatable bonds is 7. The van der Waals surface area contributed by atoms with Crippen LogP contribution in [0.2, 0.25) is 0 Å². The fraction of sp³-hybridized carbons (Fsp3) is 0.583. The summed E-state index contributed by atoms with van der Waals surface area (Å²) in [4.78, 5) is 4.02. The summed E-state index contributed by atoms with van der Waals surface area (Å²) in [6.45, 7) is 4.94. The Kier molecular flexibility index (Phi) is 5.91. The number of nitrogens with zero attached hydrogens (tertiary/aromatic N) is 1. The molecule has 0 aliphatic carbocycles. The van der Waals surface area contributed by atoms with Gasteiger partial charge in [-0.1, -0.05) is 13.8 Å². The normalized spacial score (nSPS) is 12.6. The molecule has 7 heteroatoms. The van der Waals surface area contributed by atoms with Crippen molar-refractivity contribution in [2.75, 3.05) is 20.3 Å². The highest BCUT2D eigenvalue weighted by molar-refractivity contribution is 9.10. The quantitative estimate of drug-likeness (QED) is 0.818. The van der Waals surface area contributed by atoms with E-state index in [1.807, 2.05) is 13.8 Å². The SMILES string of the molecule is COCCC(C)(C)CNS(=O)(=O)c1cncc(Br)c1. The summed E-state index contributed by atoms with van der Waals surface area (Å²) in [5, 5.41) is 0. The van der Waals surface area contributed by atoms with Gasteiger partial charge in [0.25, 0.3) is 0 Å². The molecule has 0 saturated carbocycles. The van der Waals surface area contributed by atoms with Crippen LogP contribution in [-0.4, -0.2) is 33.7 Å². The summed E-state index contributed by atoms with van der Waals surface area (Å²) in [7, 11) is -1.89. The molecule has 0 amide bonds. The molecule has 0 atom stereocenters. The van der Waals surface area contributed by atoms with Crippen molar-refractivity contribution in [3.8, 4) is 0 Å². The molecular formula is C12H19BrN2O3S. The van der Waals surface area contributed by atoms with Crippen LogP contribution in [0.25, 0.3) is 0 Å². The van der Waals surface area contributed by atoms with Gasteiger partial charge in [0.2, 0.25) is 10.0 Å². The average molecular weight is 351 g/mol. The maximum absolute atomic E-state index is 12.1. The van der Waals surface area contributed by atoms with Crippen LogP contribution in [0.3, 0.4) is 0 Å². The van der Waals surface area contributed by atoms with Gasteiger partial charge in [0.15, 0.2) is 0 Å². The number of hydrogen-bond donors (Lipinski definition) is 1. The number of pyridine rings is 1. The molecule has 0 saturated heterocycles. The zero-order chi connectivity index (χ0) is 14.5. The van der Waals surface area contributed by atoms with Crippen LogP contribution in [0.15, 0.2) is 27.8 Å².